The molecule has 5 heteroatoms. The van der Waals surface area contributed by atoms with Crippen LogP contribution in [0.4, 0.5) is 0 Å². The number of carbonyl (C=O) groups excluding carboxylic acids is 1. The van der Waals surface area contributed by atoms with E-state index in [0.717, 1.165) is 18.7 Å². The molecule has 0 radical (unpaired) electrons. The summed E-state index contributed by atoms with van der Waals surface area (Å²) in [7, 11) is 0. The van der Waals surface area contributed by atoms with Crippen LogP contribution in [0.1, 0.15) is 17.7 Å². The third-order valence-electron chi connectivity index (χ3n) is 3.73. The third-order valence-corrected chi connectivity index (χ3v) is 5.85. The van der Waals surface area contributed by atoms with Crippen molar-refractivity contribution in [3.05, 3.63) is 28.5 Å². The fourth-order valence-corrected chi connectivity index (χ4v) is 4.59. The molecule has 2 aliphatic heterocycles. The summed E-state index contributed by atoms with van der Waals surface area (Å²) >= 11 is 3.40. The molecule has 1 amide bonds. The van der Waals surface area contributed by atoms with Gasteiger partial charge < -0.3 is 10.0 Å². The molecule has 1 aromatic rings. The van der Waals surface area contributed by atoms with E-state index in [2.05, 4.69) is 23.6 Å². The molecule has 19 heavy (non-hydrogen) atoms. The Labute approximate surface area is 121 Å². The van der Waals surface area contributed by atoms with Gasteiger partial charge in [-0.05, 0) is 35.6 Å². The van der Waals surface area contributed by atoms with Gasteiger partial charge in [0.1, 0.15) is 0 Å². The van der Waals surface area contributed by atoms with Crippen LogP contribution in [0.3, 0.4) is 0 Å². The summed E-state index contributed by atoms with van der Waals surface area (Å²) in [5, 5.41) is 12.4. The van der Waals surface area contributed by atoms with Crippen molar-refractivity contribution in [2.45, 2.75) is 18.4 Å². The van der Waals surface area contributed by atoms with Gasteiger partial charge >= 0.3 is 0 Å². The second-order valence-electron chi connectivity index (χ2n) is 5.04. The summed E-state index contributed by atoms with van der Waals surface area (Å²) in [6.07, 6.45) is 3.60. The van der Waals surface area contributed by atoms with E-state index in [9.17, 15) is 9.90 Å². The SMILES string of the molecule is O=C(N1CC=C(c2cccs2)CC1)C1(O)CCSC1. The minimum atomic E-state index is -1.11. The number of aliphatic hydroxyl groups is 1. The first-order valence-corrected chi connectivity index (χ1v) is 8.55. The fraction of sp³-hybridized carbons (Fsp3) is 0.500. The molecule has 1 unspecified atom stereocenters. The van der Waals surface area contributed by atoms with E-state index in [0.29, 0.717) is 18.7 Å². The molecule has 1 fully saturated rings. The topological polar surface area (TPSA) is 40.5 Å². The predicted molar refractivity (Wildman–Crippen MR) is 80.4 cm³/mol. The average Bonchev–Trinajstić information content (AvgIpc) is 3.10. The zero-order chi connectivity index (χ0) is 13.3. The lowest BCUT2D eigenvalue weighted by Gasteiger charge is -2.32. The molecule has 1 saturated heterocycles. The molecule has 3 rings (SSSR count). The van der Waals surface area contributed by atoms with E-state index >= 15 is 0 Å². The summed E-state index contributed by atoms with van der Waals surface area (Å²) in [4.78, 5) is 15.4. The second-order valence-corrected chi connectivity index (χ2v) is 7.09. The van der Waals surface area contributed by atoms with Crippen molar-refractivity contribution in [3.8, 4) is 0 Å². The molecular weight excluding hydrogens is 278 g/mol. The molecular formula is C14H17NO2S2. The van der Waals surface area contributed by atoms with Crippen LogP contribution in [0, 0.1) is 0 Å². The van der Waals surface area contributed by atoms with Gasteiger partial charge in [-0.25, -0.2) is 0 Å². The lowest BCUT2D eigenvalue weighted by atomic mass is 9.99. The van der Waals surface area contributed by atoms with Crippen molar-refractivity contribution in [1.82, 2.24) is 4.90 Å². The average molecular weight is 295 g/mol. The first-order chi connectivity index (χ1) is 9.19. The van der Waals surface area contributed by atoms with E-state index in [-0.39, 0.29) is 5.91 Å². The van der Waals surface area contributed by atoms with E-state index < -0.39 is 5.60 Å². The summed E-state index contributed by atoms with van der Waals surface area (Å²) in [5.74, 6) is 1.34. The molecule has 0 aromatic carbocycles. The largest absolute Gasteiger partial charge is 0.379 e. The molecule has 1 aromatic heterocycles. The molecule has 0 bridgehead atoms. The number of amides is 1. The highest BCUT2D eigenvalue weighted by atomic mass is 32.2. The zero-order valence-corrected chi connectivity index (χ0v) is 12.3. The maximum Gasteiger partial charge on any atom is 0.255 e. The maximum atomic E-state index is 12.4. The van der Waals surface area contributed by atoms with Gasteiger partial charge in [0.15, 0.2) is 5.60 Å². The maximum absolute atomic E-state index is 12.4. The van der Waals surface area contributed by atoms with Crippen LogP contribution in [0.15, 0.2) is 23.6 Å². The zero-order valence-electron chi connectivity index (χ0n) is 10.7. The summed E-state index contributed by atoms with van der Waals surface area (Å²) < 4.78 is 0. The Hall–Kier alpha value is -0.780. The highest BCUT2D eigenvalue weighted by Gasteiger charge is 2.42. The lowest BCUT2D eigenvalue weighted by Crippen LogP contribution is -2.50. The number of thioether (sulfide) groups is 1. The van der Waals surface area contributed by atoms with Gasteiger partial charge in [0, 0.05) is 23.7 Å². The normalized spacial score (nSPS) is 27.4. The minimum Gasteiger partial charge on any atom is -0.379 e. The first-order valence-electron chi connectivity index (χ1n) is 6.51. The van der Waals surface area contributed by atoms with Crippen LogP contribution in [0.5, 0.6) is 0 Å². The van der Waals surface area contributed by atoms with E-state index in [4.69, 9.17) is 0 Å². The lowest BCUT2D eigenvalue weighted by molar-refractivity contribution is -0.148. The Kier molecular flexibility index (Phi) is 3.69. The highest BCUT2D eigenvalue weighted by molar-refractivity contribution is 7.99. The Morgan fingerprint density at radius 3 is 2.95 bits per heavy atom. The summed E-state index contributed by atoms with van der Waals surface area (Å²) in [5.41, 5.74) is 0.214. The van der Waals surface area contributed by atoms with Crippen molar-refractivity contribution in [2.24, 2.45) is 0 Å². The molecule has 2 aliphatic rings. The Morgan fingerprint density at radius 2 is 2.37 bits per heavy atom. The van der Waals surface area contributed by atoms with Crippen molar-refractivity contribution in [1.29, 1.82) is 0 Å². The van der Waals surface area contributed by atoms with Gasteiger partial charge in [0.05, 0.1) is 0 Å². The van der Waals surface area contributed by atoms with Gasteiger partial charge in [-0.15, -0.1) is 11.3 Å². The second kappa shape index (κ2) is 5.31. The minimum absolute atomic E-state index is 0.0843. The van der Waals surface area contributed by atoms with Crippen LogP contribution in [-0.4, -0.2) is 46.1 Å². The van der Waals surface area contributed by atoms with Crippen molar-refractivity contribution in [2.75, 3.05) is 24.6 Å². The van der Waals surface area contributed by atoms with Crippen molar-refractivity contribution < 1.29 is 9.90 Å². The fourth-order valence-electron chi connectivity index (χ4n) is 2.56. The van der Waals surface area contributed by atoms with Gasteiger partial charge in [-0.3, -0.25) is 4.79 Å². The molecule has 1 atom stereocenters. The molecule has 0 aliphatic carbocycles. The Balaban J connectivity index is 1.68. The predicted octanol–water partition coefficient (Wildman–Crippen LogP) is 2.23. The Bertz CT molecular complexity index is 490. The van der Waals surface area contributed by atoms with Crippen LogP contribution < -0.4 is 0 Å². The molecule has 1 N–H and O–H groups in total. The smallest absolute Gasteiger partial charge is 0.255 e. The van der Waals surface area contributed by atoms with Crippen molar-refractivity contribution >= 4 is 34.6 Å². The molecule has 0 spiro atoms. The molecule has 3 nitrogen and oxygen atoms in total. The van der Waals surface area contributed by atoms with Crippen LogP contribution in [0.2, 0.25) is 0 Å². The molecule has 0 saturated carbocycles. The molecule has 102 valence electrons. The molecule has 3 heterocycles. The van der Waals surface area contributed by atoms with E-state index in [1.165, 1.54) is 10.5 Å². The summed E-state index contributed by atoms with van der Waals surface area (Å²) in [6, 6.07) is 4.17. The Morgan fingerprint density at radius 1 is 1.47 bits per heavy atom. The van der Waals surface area contributed by atoms with Gasteiger partial charge in [0.2, 0.25) is 0 Å². The van der Waals surface area contributed by atoms with Crippen LogP contribution in [0.25, 0.3) is 5.57 Å². The first kappa shape index (κ1) is 13.2. The number of thiophene rings is 1. The van der Waals surface area contributed by atoms with Crippen LogP contribution in [-0.2, 0) is 4.79 Å². The number of carbonyl (C=O) groups is 1. The highest BCUT2D eigenvalue weighted by Crippen LogP contribution is 2.32. The van der Waals surface area contributed by atoms with Crippen molar-refractivity contribution in [3.63, 3.8) is 0 Å². The number of hydrogen-bond acceptors (Lipinski definition) is 4. The number of rotatable bonds is 2. The standard InChI is InChI=1S/C14H17NO2S2/c16-13(14(17)5-9-18-10-14)15-6-3-11(4-7-15)12-2-1-8-19-12/h1-3,8,17H,4-7,9-10H2. The quantitative estimate of drug-likeness (QED) is 0.909. The third kappa shape index (κ3) is 2.59. The van der Waals surface area contributed by atoms with E-state index in [1.807, 2.05) is 0 Å². The summed E-state index contributed by atoms with van der Waals surface area (Å²) in [6.45, 7) is 1.34. The van der Waals surface area contributed by atoms with Crippen LogP contribution >= 0.6 is 23.1 Å². The van der Waals surface area contributed by atoms with Gasteiger partial charge in [-0.1, -0.05) is 12.1 Å². The van der Waals surface area contributed by atoms with Gasteiger partial charge in [-0.2, -0.15) is 11.8 Å². The van der Waals surface area contributed by atoms with Gasteiger partial charge in [0.25, 0.3) is 5.91 Å². The monoisotopic (exact) mass is 295 g/mol. The number of nitrogens with zero attached hydrogens (tertiary/aromatic N) is 1. The van der Waals surface area contributed by atoms with E-state index in [1.54, 1.807) is 28.0 Å². The number of hydrogen-bond donors (Lipinski definition) is 1.